The maximum atomic E-state index is 11.1. The molecule has 0 spiro atoms. The van der Waals surface area contributed by atoms with Gasteiger partial charge in [-0.05, 0) is 68.1 Å². The minimum atomic E-state index is -0.285. The molecule has 2 aromatic carbocycles. The van der Waals surface area contributed by atoms with Crippen LogP contribution >= 0.6 is 0 Å². The van der Waals surface area contributed by atoms with Crippen molar-refractivity contribution in [3.05, 3.63) is 48.0 Å². The van der Waals surface area contributed by atoms with Crippen LogP contribution in [0.25, 0.3) is 10.8 Å². The molecular weight excluding hydrogens is 362 g/mol. The number of rotatable bonds is 12. The van der Waals surface area contributed by atoms with E-state index in [4.69, 9.17) is 5.21 Å². The molecule has 0 bridgehead atoms. The molecule has 158 valence electrons. The van der Waals surface area contributed by atoms with Crippen LogP contribution < -0.4 is 5.48 Å². The van der Waals surface area contributed by atoms with Gasteiger partial charge in [0.2, 0.25) is 5.91 Å². The number of fused-ring (bicyclic) bond motifs is 1. The smallest absolute Gasteiger partial charge is 0.243 e. The molecule has 2 N–H and O–H groups in total. The summed E-state index contributed by atoms with van der Waals surface area (Å²) in [6.45, 7) is 6.89. The average molecular weight is 398 g/mol. The second kappa shape index (κ2) is 11.9. The Kier molecular flexibility index (Phi) is 8.93. The van der Waals surface area contributed by atoms with Crippen LogP contribution in [0.1, 0.15) is 44.1 Å². The molecule has 0 aliphatic carbocycles. The first-order valence-corrected chi connectivity index (χ1v) is 11.1. The molecule has 1 aliphatic heterocycles. The highest BCUT2D eigenvalue weighted by Crippen LogP contribution is 2.19. The van der Waals surface area contributed by atoms with Crippen LogP contribution in [0.2, 0.25) is 0 Å². The summed E-state index contributed by atoms with van der Waals surface area (Å²) in [5.74, 6) is -0.285. The van der Waals surface area contributed by atoms with Crippen LogP contribution in [0.5, 0.6) is 0 Å². The van der Waals surface area contributed by atoms with E-state index in [2.05, 4.69) is 52.3 Å². The molecule has 1 fully saturated rings. The molecule has 5 nitrogen and oxygen atoms in total. The highest BCUT2D eigenvalue weighted by Gasteiger charge is 2.14. The molecular formula is C24H35N3O2. The summed E-state index contributed by atoms with van der Waals surface area (Å²) in [6, 6.07) is 15.3. The Morgan fingerprint density at radius 2 is 1.76 bits per heavy atom. The number of nitrogens with zero attached hydrogens (tertiary/aromatic N) is 2. The summed E-state index contributed by atoms with van der Waals surface area (Å²) in [7, 11) is 0. The Balaban J connectivity index is 1.51. The Hall–Kier alpha value is -1.95. The third-order valence-electron chi connectivity index (χ3n) is 6.01. The van der Waals surface area contributed by atoms with Crippen molar-refractivity contribution in [2.45, 2.75) is 44.9 Å². The van der Waals surface area contributed by atoms with E-state index < -0.39 is 0 Å². The lowest BCUT2D eigenvalue weighted by molar-refractivity contribution is -0.129. The number of hydrogen-bond donors (Lipinski definition) is 2. The van der Waals surface area contributed by atoms with E-state index >= 15 is 0 Å². The first-order chi connectivity index (χ1) is 14.3. The van der Waals surface area contributed by atoms with E-state index in [-0.39, 0.29) is 5.91 Å². The molecule has 2 aromatic rings. The summed E-state index contributed by atoms with van der Waals surface area (Å²) >= 11 is 0. The molecule has 0 aromatic heterocycles. The highest BCUT2D eigenvalue weighted by molar-refractivity contribution is 5.85. The van der Waals surface area contributed by atoms with Crippen LogP contribution in [0.4, 0.5) is 0 Å². The molecule has 29 heavy (non-hydrogen) atoms. The monoisotopic (exact) mass is 397 g/mol. The van der Waals surface area contributed by atoms with Gasteiger partial charge in [-0.1, -0.05) is 48.9 Å². The Bertz CT molecular complexity index is 753. The normalized spacial score (nSPS) is 14.7. The van der Waals surface area contributed by atoms with Crippen LogP contribution in [-0.2, 0) is 11.2 Å². The van der Waals surface area contributed by atoms with Crippen molar-refractivity contribution in [3.8, 4) is 0 Å². The molecule has 0 saturated carbocycles. The summed E-state index contributed by atoms with van der Waals surface area (Å²) < 4.78 is 0. The first kappa shape index (κ1) is 21.8. The maximum Gasteiger partial charge on any atom is 0.243 e. The molecule has 0 atom stereocenters. The topological polar surface area (TPSA) is 55.8 Å². The van der Waals surface area contributed by atoms with Crippen LogP contribution in [0.3, 0.4) is 0 Å². The van der Waals surface area contributed by atoms with Crippen LogP contribution in [-0.4, -0.2) is 60.2 Å². The lowest BCUT2D eigenvalue weighted by Crippen LogP contribution is -2.35. The standard InChI is InChI=1S/C24H35N3O2/c28-24(25-29)13-2-1-5-15-27(20-19-26-16-6-7-17-26)18-14-22-11-8-10-21-9-3-4-12-23(21)22/h3-4,8-12,29H,1-2,5-7,13-20H2,(H,25,28). The number of benzene rings is 2. The maximum absolute atomic E-state index is 11.1. The summed E-state index contributed by atoms with van der Waals surface area (Å²) in [6.07, 6.45) is 7.08. The van der Waals surface area contributed by atoms with Crippen molar-refractivity contribution in [1.82, 2.24) is 15.3 Å². The van der Waals surface area contributed by atoms with Crippen LogP contribution in [0.15, 0.2) is 42.5 Å². The van der Waals surface area contributed by atoms with Crippen LogP contribution in [0, 0.1) is 0 Å². The van der Waals surface area contributed by atoms with Gasteiger partial charge >= 0.3 is 0 Å². The predicted octanol–water partition coefficient (Wildman–Crippen LogP) is 3.85. The number of unbranched alkanes of at least 4 members (excludes halogenated alkanes) is 2. The molecule has 1 aliphatic rings. The van der Waals surface area contributed by atoms with Gasteiger partial charge in [0.05, 0.1) is 0 Å². The number of hydrogen-bond acceptors (Lipinski definition) is 4. The zero-order valence-electron chi connectivity index (χ0n) is 17.5. The number of carbonyl (C=O) groups is 1. The van der Waals surface area contributed by atoms with Crippen molar-refractivity contribution >= 4 is 16.7 Å². The van der Waals surface area contributed by atoms with E-state index in [0.717, 1.165) is 51.9 Å². The average Bonchev–Trinajstić information content (AvgIpc) is 3.28. The second-order valence-corrected chi connectivity index (χ2v) is 8.12. The quantitative estimate of drug-likeness (QED) is 0.325. The first-order valence-electron chi connectivity index (χ1n) is 11.1. The number of amides is 1. The van der Waals surface area contributed by atoms with E-state index in [9.17, 15) is 4.79 Å². The van der Waals surface area contributed by atoms with Crippen molar-refractivity contribution in [2.24, 2.45) is 0 Å². The van der Waals surface area contributed by atoms with Crippen molar-refractivity contribution in [1.29, 1.82) is 0 Å². The summed E-state index contributed by atoms with van der Waals surface area (Å²) in [4.78, 5) is 16.3. The predicted molar refractivity (Wildman–Crippen MR) is 118 cm³/mol. The fourth-order valence-corrected chi connectivity index (χ4v) is 4.27. The minimum Gasteiger partial charge on any atom is -0.302 e. The van der Waals surface area contributed by atoms with Gasteiger partial charge in [-0.2, -0.15) is 0 Å². The van der Waals surface area contributed by atoms with Gasteiger partial charge in [0, 0.05) is 26.1 Å². The van der Waals surface area contributed by atoms with E-state index in [1.54, 1.807) is 5.48 Å². The summed E-state index contributed by atoms with van der Waals surface area (Å²) in [5, 5.41) is 11.3. The van der Waals surface area contributed by atoms with Crippen molar-refractivity contribution in [2.75, 3.05) is 39.3 Å². The third kappa shape index (κ3) is 7.11. The Morgan fingerprint density at radius 3 is 2.59 bits per heavy atom. The lowest BCUT2D eigenvalue weighted by Gasteiger charge is -2.25. The number of nitrogens with one attached hydrogen (secondary N) is 1. The van der Waals surface area contributed by atoms with E-state index in [0.29, 0.717) is 6.42 Å². The second-order valence-electron chi connectivity index (χ2n) is 8.12. The zero-order chi connectivity index (χ0) is 20.3. The van der Waals surface area contributed by atoms with Crippen molar-refractivity contribution < 1.29 is 10.0 Å². The van der Waals surface area contributed by atoms with Gasteiger partial charge in [-0.3, -0.25) is 10.0 Å². The van der Waals surface area contributed by atoms with E-state index in [1.165, 1.54) is 42.3 Å². The molecule has 1 saturated heterocycles. The third-order valence-corrected chi connectivity index (χ3v) is 6.01. The largest absolute Gasteiger partial charge is 0.302 e. The van der Waals surface area contributed by atoms with Gasteiger partial charge in [0.15, 0.2) is 0 Å². The van der Waals surface area contributed by atoms with E-state index in [1.807, 2.05) is 0 Å². The molecule has 1 amide bonds. The fraction of sp³-hybridized carbons (Fsp3) is 0.542. The van der Waals surface area contributed by atoms with Crippen molar-refractivity contribution in [3.63, 3.8) is 0 Å². The SMILES string of the molecule is O=C(CCCCCN(CCc1cccc2ccccc12)CCN1CCCC1)NO. The molecule has 0 unspecified atom stereocenters. The highest BCUT2D eigenvalue weighted by atomic mass is 16.5. The van der Waals surface area contributed by atoms with Gasteiger partial charge in [-0.25, -0.2) is 5.48 Å². The number of hydroxylamine groups is 1. The number of carbonyl (C=O) groups excluding carboxylic acids is 1. The number of likely N-dealkylation sites (tertiary alicyclic amines) is 1. The fourth-order valence-electron chi connectivity index (χ4n) is 4.27. The molecule has 1 heterocycles. The molecule has 0 radical (unpaired) electrons. The zero-order valence-corrected chi connectivity index (χ0v) is 17.5. The summed E-state index contributed by atoms with van der Waals surface area (Å²) in [5.41, 5.74) is 3.14. The van der Waals surface area contributed by atoms with Gasteiger partial charge in [-0.15, -0.1) is 0 Å². The lowest BCUT2D eigenvalue weighted by atomic mass is 10.0. The molecule has 3 rings (SSSR count). The Morgan fingerprint density at radius 1 is 0.966 bits per heavy atom. The van der Waals surface area contributed by atoms with Gasteiger partial charge < -0.3 is 9.80 Å². The minimum absolute atomic E-state index is 0.285. The molecule has 5 heteroatoms. The Labute approximate surface area is 174 Å². The van der Waals surface area contributed by atoms with Gasteiger partial charge in [0.1, 0.15) is 0 Å². The van der Waals surface area contributed by atoms with Gasteiger partial charge in [0.25, 0.3) is 0 Å².